The van der Waals surface area contributed by atoms with Crippen LogP contribution in [-0.4, -0.2) is 26.1 Å². The number of rotatable bonds is 7. The van der Waals surface area contributed by atoms with Crippen molar-refractivity contribution < 1.29 is 0 Å². The van der Waals surface area contributed by atoms with Gasteiger partial charge in [-0.05, 0) is 37.3 Å². The van der Waals surface area contributed by atoms with Gasteiger partial charge >= 0.3 is 0 Å². The summed E-state index contributed by atoms with van der Waals surface area (Å²) in [6, 6.07) is 19.7. The van der Waals surface area contributed by atoms with Gasteiger partial charge in [-0.1, -0.05) is 87.4 Å². The van der Waals surface area contributed by atoms with Gasteiger partial charge in [-0.3, -0.25) is 4.99 Å². The SMILES string of the molecule is C=C(NCC1(c2ccccc2)CCCCC1)c1ccccc1CC.CCNC(N)=NC. The highest BCUT2D eigenvalue weighted by molar-refractivity contribution is 5.77. The second-order valence-electron chi connectivity index (χ2n) is 8.19. The van der Waals surface area contributed by atoms with Crippen LogP contribution in [0.15, 0.2) is 66.2 Å². The fourth-order valence-corrected chi connectivity index (χ4v) is 4.34. The lowest BCUT2D eigenvalue weighted by Crippen LogP contribution is -2.39. The summed E-state index contributed by atoms with van der Waals surface area (Å²) >= 11 is 0. The van der Waals surface area contributed by atoms with Crippen molar-refractivity contribution in [2.24, 2.45) is 10.7 Å². The predicted octanol–water partition coefficient (Wildman–Crippen LogP) is 5.25. The predicted molar refractivity (Wildman–Crippen MR) is 135 cm³/mol. The molecular formula is C27H40N4. The van der Waals surface area contributed by atoms with E-state index in [-0.39, 0.29) is 5.41 Å². The Morgan fingerprint density at radius 1 is 0.968 bits per heavy atom. The molecule has 0 aromatic heterocycles. The maximum Gasteiger partial charge on any atom is 0.188 e. The quantitative estimate of drug-likeness (QED) is 0.423. The highest BCUT2D eigenvalue weighted by atomic mass is 15.1. The summed E-state index contributed by atoms with van der Waals surface area (Å²) in [5.41, 5.74) is 10.7. The first-order valence-corrected chi connectivity index (χ1v) is 11.6. The van der Waals surface area contributed by atoms with E-state index in [4.69, 9.17) is 5.73 Å². The van der Waals surface area contributed by atoms with E-state index in [2.05, 4.69) is 83.7 Å². The molecule has 4 heteroatoms. The van der Waals surface area contributed by atoms with Crippen LogP contribution in [0.2, 0.25) is 0 Å². The van der Waals surface area contributed by atoms with Crippen molar-refractivity contribution >= 4 is 11.7 Å². The van der Waals surface area contributed by atoms with Gasteiger partial charge in [-0.15, -0.1) is 0 Å². The molecule has 0 bridgehead atoms. The minimum absolute atomic E-state index is 0.254. The van der Waals surface area contributed by atoms with Gasteiger partial charge in [0, 0.05) is 36.8 Å². The lowest BCUT2D eigenvalue weighted by molar-refractivity contribution is 0.290. The van der Waals surface area contributed by atoms with Crippen LogP contribution in [0.1, 0.15) is 62.6 Å². The van der Waals surface area contributed by atoms with Crippen molar-refractivity contribution in [3.63, 3.8) is 0 Å². The first-order chi connectivity index (χ1) is 15.1. The summed E-state index contributed by atoms with van der Waals surface area (Å²) in [5.74, 6) is 0.502. The molecule has 0 heterocycles. The molecule has 0 amide bonds. The van der Waals surface area contributed by atoms with Gasteiger partial charge in [-0.25, -0.2) is 0 Å². The van der Waals surface area contributed by atoms with Crippen LogP contribution >= 0.6 is 0 Å². The number of guanidine groups is 1. The molecule has 168 valence electrons. The molecule has 0 unspecified atom stereocenters. The zero-order valence-electron chi connectivity index (χ0n) is 19.6. The van der Waals surface area contributed by atoms with Crippen LogP contribution in [-0.2, 0) is 11.8 Å². The van der Waals surface area contributed by atoms with E-state index in [1.807, 2.05) is 6.92 Å². The van der Waals surface area contributed by atoms with Crippen LogP contribution in [0.3, 0.4) is 0 Å². The Bertz CT molecular complexity index is 820. The van der Waals surface area contributed by atoms with Crippen LogP contribution in [0, 0.1) is 0 Å². The van der Waals surface area contributed by atoms with Gasteiger partial charge in [-0.2, -0.15) is 0 Å². The zero-order chi connectivity index (χ0) is 22.5. The number of aryl methyl sites for hydroxylation is 1. The van der Waals surface area contributed by atoms with E-state index in [0.717, 1.165) is 25.2 Å². The van der Waals surface area contributed by atoms with E-state index >= 15 is 0 Å². The smallest absolute Gasteiger partial charge is 0.188 e. The van der Waals surface area contributed by atoms with Gasteiger partial charge in [0.15, 0.2) is 5.96 Å². The van der Waals surface area contributed by atoms with Crippen molar-refractivity contribution in [1.82, 2.24) is 10.6 Å². The Kier molecular flexibility index (Phi) is 10.2. The Morgan fingerprint density at radius 3 is 2.19 bits per heavy atom. The molecule has 0 aliphatic heterocycles. The Labute approximate surface area is 189 Å². The number of hydrogen-bond donors (Lipinski definition) is 3. The monoisotopic (exact) mass is 420 g/mol. The molecule has 1 aliphatic carbocycles. The first kappa shape index (κ1) is 24.5. The average molecular weight is 421 g/mol. The fourth-order valence-electron chi connectivity index (χ4n) is 4.34. The maximum absolute atomic E-state index is 5.22. The number of hydrogen-bond acceptors (Lipinski definition) is 2. The molecule has 1 fully saturated rings. The van der Waals surface area contributed by atoms with Crippen molar-refractivity contribution in [3.8, 4) is 0 Å². The summed E-state index contributed by atoms with van der Waals surface area (Å²) in [6.07, 6.45) is 7.61. The largest absolute Gasteiger partial charge is 0.384 e. The third-order valence-electron chi connectivity index (χ3n) is 6.16. The molecule has 4 nitrogen and oxygen atoms in total. The minimum atomic E-state index is 0.254. The molecule has 1 saturated carbocycles. The van der Waals surface area contributed by atoms with Crippen LogP contribution < -0.4 is 16.4 Å². The Morgan fingerprint density at radius 2 is 1.61 bits per heavy atom. The molecule has 0 spiro atoms. The molecular weight excluding hydrogens is 380 g/mol. The molecule has 2 aromatic carbocycles. The van der Waals surface area contributed by atoms with Crippen molar-refractivity contribution in [1.29, 1.82) is 0 Å². The van der Waals surface area contributed by atoms with Crippen LogP contribution in [0.25, 0.3) is 5.70 Å². The van der Waals surface area contributed by atoms with Crippen LogP contribution in [0.5, 0.6) is 0 Å². The normalized spacial score (nSPS) is 15.4. The van der Waals surface area contributed by atoms with Gasteiger partial charge in [0.2, 0.25) is 0 Å². The van der Waals surface area contributed by atoms with Crippen molar-refractivity contribution in [2.45, 2.75) is 57.8 Å². The fraction of sp³-hybridized carbons (Fsp3) is 0.444. The molecule has 0 saturated heterocycles. The average Bonchev–Trinajstić information content (AvgIpc) is 2.84. The number of nitrogens with two attached hydrogens (primary N) is 1. The van der Waals surface area contributed by atoms with E-state index in [1.54, 1.807) is 7.05 Å². The van der Waals surface area contributed by atoms with E-state index < -0.39 is 0 Å². The second-order valence-corrected chi connectivity index (χ2v) is 8.19. The highest BCUT2D eigenvalue weighted by Gasteiger charge is 2.33. The minimum Gasteiger partial charge on any atom is -0.384 e. The van der Waals surface area contributed by atoms with Gasteiger partial charge < -0.3 is 16.4 Å². The number of aliphatic imine (C=N–C) groups is 1. The number of benzene rings is 2. The van der Waals surface area contributed by atoms with E-state index in [0.29, 0.717) is 5.96 Å². The summed E-state index contributed by atoms with van der Waals surface area (Å²) < 4.78 is 0. The molecule has 4 N–H and O–H groups in total. The maximum atomic E-state index is 5.22. The Hall–Kier alpha value is -2.75. The van der Waals surface area contributed by atoms with E-state index in [9.17, 15) is 0 Å². The lowest BCUT2D eigenvalue weighted by Gasteiger charge is -2.38. The lowest BCUT2D eigenvalue weighted by atomic mass is 9.69. The van der Waals surface area contributed by atoms with Crippen molar-refractivity contribution in [3.05, 3.63) is 77.9 Å². The summed E-state index contributed by atoms with van der Waals surface area (Å²) in [4.78, 5) is 3.66. The first-order valence-electron chi connectivity index (χ1n) is 11.6. The zero-order valence-corrected chi connectivity index (χ0v) is 19.6. The standard InChI is InChI=1S/C23H29N.C4H11N3/c1-3-20-12-8-9-15-22(20)19(2)24-18-23(16-10-5-11-17-23)21-13-6-4-7-14-21;1-3-7-4(5)6-2/h4,6-9,12-15,24H,2-3,5,10-11,16-18H2,1H3;3H2,1-2H3,(H3,5,6,7). The molecule has 2 aromatic rings. The molecule has 3 rings (SSSR count). The van der Waals surface area contributed by atoms with Gasteiger partial charge in [0.25, 0.3) is 0 Å². The Balaban J connectivity index is 0.000000423. The summed E-state index contributed by atoms with van der Waals surface area (Å²) in [6.45, 7) is 10.3. The second kappa shape index (κ2) is 12.8. The molecule has 1 aliphatic rings. The van der Waals surface area contributed by atoms with Gasteiger partial charge in [0.1, 0.15) is 0 Å². The molecule has 0 radical (unpaired) electrons. The van der Waals surface area contributed by atoms with Crippen LogP contribution in [0.4, 0.5) is 0 Å². The number of nitrogens with one attached hydrogen (secondary N) is 2. The summed E-state index contributed by atoms with van der Waals surface area (Å²) in [5, 5.41) is 6.51. The van der Waals surface area contributed by atoms with E-state index in [1.165, 1.54) is 48.8 Å². The third-order valence-corrected chi connectivity index (χ3v) is 6.16. The third kappa shape index (κ3) is 7.16. The van der Waals surface area contributed by atoms with Crippen molar-refractivity contribution in [2.75, 3.05) is 20.1 Å². The number of nitrogens with zero attached hydrogens (tertiary/aromatic N) is 1. The summed E-state index contributed by atoms with van der Waals surface area (Å²) in [7, 11) is 1.65. The topological polar surface area (TPSA) is 62.4 Å². The highest BCUT2D eigenvalue weighted by Crippen LogP contribution is 2.39. The van der Waals surface area contributed by atoms with Gasteiger partial charge in [0.05, 0.1) is 0 Å². The molecule has 31 heavy (non-hydrogen) atoms. The molecule has 0 atom stereocenters.